The second kappa shape index (κ2) is 7.32. The van der Waals surface area contributed by atoms with Gasteiger partial charge in [-0.1, -0.05) is 11.3 Å². The number of aromatic nitrogens is 3. The Morgan fingerprint density at radius 3 is 2.61 bits per heavy atom. The van der Waals surface area contributed by atoms with Gasteiger partial charge in [-0.05, 0) is 49.2 Å². The van der Waals surface area contributed by atoms with Gasteiger partial charge >= 0.3 is 11.1 Å². The molecule has 1 fully saturated rings. The third-order valence-corrected chi connectivity index (χ3v) is 6.95. The monoisotopic (exact) mass is 435 g/mol. The van der Waals surface area contributed by atoms with Gasteiger partial charge in [0.05, 0.1) is 32.9 Å². The molecule has 3 heterocycles. The second-order valence-electron chi connectivity index (χ2n) is 7.68. The van der Waals surface area contributed by atoms with Gasteiger partial charge in [-0.15, -0.1) is 0 Å². The maximum absolute atomic E-state index is 13.8. The lowest BCUT2D eigenvalue weighted by molar-refractivity contribution is 0.394. The molecule has 7 nitrogen and oxygen atoms in total. The lowest BCUT2D eigenvalue weighted by Crippen LogP contribution is -2.44. The number of hydrogen-bond donors (Lipinski definition) is 0. The standard InChI is InChI=1S/C22H18FN5O2S/c1-26-18-11-14(23)3-5-17(18)28(21(30)20(26)29)15-6-8-27(9-7-15)22-25-16-4-2-13(12-24)10-19(16)31-22/h2-5,10-11,15H,6-9H2,1H3. The predicted molar refractivity (Wildman–Crippen MR) is 118 cm³/mol. The third kappa shape index (κ3) is 3.20. The highest BCUT2D eigenvalue weighted by molar-refractivity contribution is 7.22. The summed E-state index contributed by atoms with van der Waals surface area (Å²) in [4.78, 5) is 32.1. The first-order chi connectivity index (χ1) is 15.0. The zero-order chi connectivity index (χ0) is 21.7. The lowest BCUT2D eigenvalue weighted by atomic mass is 10.0. The summed E-state index contributed by atoms with van der Waals surface area (Å²) in [6.45, 7) is 1.36. The van der Waals surface area contributed by atoms with Gasteiger partial charge in [0.15, 0.2) is 5.13 Å². The van der Waals surface area contributed by atoms with Crippen LogP contribution in [0.1, 0.15) is 24.4 Å². The number of halogens is 1. The zero-order valence-corrected chi connectivity index (χ0v) is 17.5. The highest BCUT2D eigenvalue weighted by atomic mass is 32.1. The van der Waals surface area contributed by atoms with E-state index in [-0.39, 0.29) is 6.04 Å². The summed E-state index contributed by atoms with van der Waals surface area (Å²) in [6, 6.07) is 11.6. The van der Waals surface area contributed by atoms with E-state index in [4.69, 9.17) is 5.26 Å². The maximum atomic E-state index is 13.8. The number of piperidine rings is 1. The van der Waals surface area contributed by atoms with Crippen LogP contribution < -0.4 is 16.0 Å². The first-order valence-corrected chi connectivity index (χ1v) is 10.7. The molecule has 1 saturated heterocycles. The first kappa shape index (κ1) is 19.5. The van der Waals surface area contributed by atoms with Gasteiger partial charge in [0.25, 0.3) is 0 Å². The number of rotatable bonds is 2. The number of fused-ring (bicyclic) bond motifs is 2. The Bertz CT molecular complexity index is 1490. The Labute approximate surface area is 180 Å². The third-order valence-electron chi connectivity index (χ3n) is 5.87. The van der Waals surface area contributed by atoms with Gasteiger partial charge in [0.1, 0.15) is 5.82 Å². The van der Waals surface area contributed by atoms with Crippen molar-refractivity contribution in [2.24, 2.45) is 7.05 Å². The van der Waals surface area contributed by atoms with E-state index in [0.717, 1.165) is 15.3 Å². The van der Waals surface area contributed by atoms with Crippen LogP contribution in [0.4, 0.5) is 9.52 Å². The molecule has 0 saturated carbocycles. The molecule has 0 radical (unpaired) electrons. The van der Waals surface area contributed by atoms with E-state index < -0.39 is 16.9 Å². The highest BCUT2D eigenvalue weighted by Crippen LogP contribution is 2.33. The van der Waals surface area contributed by atoms with Crippen LogP contribution in [-0.4, -0.2) is 27.2 Å². The number of anilines is 1. The fourth-order valence-corrected chi connectivity index (χ4v) is 5.29. The quantitative estimate of drug-likeness (QED) is 0.452. The van der Waals surface area contributed by atoms with E-state index in [1.54, 1.807) is 23.5 Å². The summed E-state index contributed by atoms with van der Waals surface area (Å²) < 4.78 is 17.5. The number of nitriles is 1. The normalized spacial score (nSPS) is 14.9. The summed E-state index contributed by atoms with van der Waals surface area (Å²) in [7, 11) is 1.49. The van der Waals surface area contributed by atoms with Gasteiger partial charge < -0.3 is 9.47 Å². The van der Waals surface area contributed by atoms with Gasteiger partial charge in [0, 0.05) is 26.2 Å². The van der Waals surface area contributed by atoms with Crippen molar-refractivity contribution >= 4 is 37.7 Å². The highest BCUT2D eigenvalue weighted by Gasteiger charge is 2.26. The fraction of sp³-hybridized carbons (Fsp3) is 0.273. The number of hydrogen-bond acceptors (Lipinski definition) is 6. The Balaban J connectivity index is 1.46. The molecule has 1 aliphatic rings. The SMILES string of the molecule is Cn1c(=O)c(=O)n(C2CCN(c3nc4ccc(C#N)cc4s3)CC2)c2ccc(F)cc21. The molecular formula is C22H18FN5O2S. The molecule has 0 aliphatic carbocycles. The molecule has 156 valence electrons. The van der Waals surface area contributed by atoms with E-state index in [1.807, 2.05) is 12.1 Å². The van der Waals surface area contributed by atoms with Crippen molar-refractivity contribution in [1.82, 2.24) is 14.1 Å². The van der Waals surface area contributed by atoms with Crippen LogP contribution in [0.25, 0.3) is 21.3 Å². The van der Waals surface area contributed by atoms with Crippen molar-refractivity contribution in [1.29, 1.82) is 5.26 Å². The molecule has 0 N–H and O–H groups in total. The van der Waals surface area contributed by atoms with Crippen molar-refractivity contribution in [2.75, 3.05) is 18.0 Å². The second-order valence-corrected chi connectivity index (χ2v) is 8.69. The molecule has 4 aromatic rings. The van der Waals surface area contributed by atoms with Crippen molar-refractivity contribution in [3.63, 3.8) is 0 Å². The number of thiazole rings is 1. The Morgan fingerprint density at radius 1 is 1.10 bits per heavy atom. The smallest absolute Gasteiger partial charge is 0.317 e. The van der Waals surface area contributed by atoms with E-state index in [1.165, 1.54) is 28.3 Å². The van der Waals surface area contributed by atoms with E-state index in [2.05, 4.69) is 16.0 Å². The van der Waals surface area contributed by atoms with Crippen LogP contribution in [0.2, 0.25) is 0 Å². The summed E-state index contributed by atoms with van der Waals surface area (Å²) in [5, 5.41) is 9.97. The molecule has 0 bridgehead atoms. The molecule has 0 unspecified atom stereocenters. The van der Waals surface area contributed by atoms with Crippen LogP contribution in [-0.2, 0) is 7.05 Å². The fourth-order valence-electron chi connectivity index (χ4n) is 4.23. The van der Waals surface area contributed by atoms with E-state index >= 15 is 0 Å². The Morgan fingerprint density at radius 2 is 1.87 bits per heavy atom. The molecular weight excluding hydrogens is 417 g/mol. The molecule has 0 amide bonds. The van der Waals surface area contributed by atoms with Gasteiger partial charge in [-0.25, -0.2) is 9.37 Å². The minimum absolute atomic E-state index is 0.148. The van der Waals surface area contributed by atoms with E-state index in [9.17, 15) is 14.0 Å². The van der Waals surface area contributed by atoms with Crippen molar-refractivity contribution in [3.8, 4) is 6.07 Å². The van der Waals surface area contributed by atoms with Crippen LogP contribution in [0, 0.1) is 17.1 Å². The van der Waals surface area contributed by atoms with E-state index in [0.29, 0.717) is 42.5 Å². The Kier molecular flexibility index (Phi) is 4.59. The lowest BCUT2D eigenvalue weighted by Gasteiger charge is -2.33. The Hall–Kier alpha value is -3.51. The minimum Gasteiger partial charge on any atom is -0.348 e. The zero-order valence-electron chi connectivity index (χ0n) is 16.7. The van der Waals surface area contributed by atoms with Crippen LogP contribution in [0.15, 0.2) is 46.0 Å². The van der Waals surface area contributed by atoms with Crippen molar-refractivity contribution < 1.29 is 4.39 Å². The summed E-state index contributed by atoms with van der Waals surface area (Å²) >= 11 is 1.54. The molecule has 9 heteroatoms. The molecule has 0 spiro atoms. The first-order valence-electron chi connectivity index (χ1n) is 9.92. The van der Waals surface area contributed by atoms with Gasteiger partial charge in [0.2, 0.25) is 0 Å². The number of benzene rings is 2. The molecule has 31 heavy (non-hydrogen) atoms. The molecule has 1 aliphatic heterocycles. The van der Waals surface area contributed by atoms with Crippen molar-refractivity contribution in [2.45, 2.75) is 18.9 Å². The topological polar surface area (TPSA) is 83.9 Å². The largest absolute Gasteiger partial charge is 0.348 e. The average Bonchev–Trinajstić information content (AvgIpc) is 3.22. The number of aryl methyl sites for hydroxylation is 1. The van der Waals surface area contributed by atoms with Crippen LogP contribution in [0.5, 0.6) is 0 Å². The molecule has 5 rings (SSSR count). The maximum Gasteiger partial charge on any atom is 0.317 e. The van der Waals surface area contributed by atoms with Crippen LogP contribution >= 0.6 is 11.3 Å². The summed E-state index contributed by atoms with van der Waals surface area (Å²) in [5.41, 5.74) is 1.21. The van der Waals surface area contributed by atoms with Crippen molar-refractivity contribution in [3.05, 3.63) is 68.5 Å². The van der Waals surface area contributed by atoms with Crippen LogP contribution in [0.3, 0.4) is 0 Å². The number of nitrogens with zero attached hydrogens (tertiary/aromatic N) is 5. The van der Waals surface area contributed by atoms with Gasteiger partial charge in [-0.2, -0.15) is 5.26 Å². The van der Waals surface area contributed by atoms with Gasteiger partial charge in [-0.3, -0.25) is 14.2 Å². The minimum atomic E-state index is -0.653. The predicted octanol–water partition coefficient (Wildman–Crippen LogP) is 3.16. The molecule has 0 atom stereocenters. The summed E-state index contributed by atoms with van der Waals surface area (Å²) in [6.07, 6.45) is 1.33. The summed E-state index contributed by atoms with van der Waals surface area (Å²) in [5.74, 6) is -0.446. The molecule has 2 aromatic carbocycles. The molecule has 2 aromatic heterocycles. The average molecular weight is 435 g/mol.